The fourth-order valence-corrected chi connectivity index (χ4v) is 4.44. The highest BCUT2D eigenvalue weighted by atomic mass is 16.2. The molecule has 86 valence electrons. The summed E-state index contributed by atoms with van der Waals surface area (Å²) < 4.78 is 0. The number of para-hydroxylation sites is 1. The second-order valence-corrected chi connectivity index (χ2v) is 5.88. The number of hydrogen-bond acceptors (Lipinski definition) is 1. The maximum Gasteiger partial charge on any atom is 0.322 e. The van der Waals surface area contributed by atoms with Gasteiger partial charge in [0.1, 0.15) is 0 Å². The van der Waals surface area contributed by atoms with Crippen LogP contribution >= 0.6 is 0 Å². The van der Waals surface area contributed by atoms with Crippen LogP contribution in [-0.2, 0) is 0 Å². The summed E-state index contributed by atoms with van der Waals surface area (Å²) in [5.41, 5.74) is 0.906. The van der Waals surface area contributed by atoms with Gasteiger partial charge in [-0.05, 0) is 42.2 Å². The van der Waals surface area contributed by atoms with Crippen molar-refractivity contribution >= 4 is 11.7 Å². The van der Waals surface area contributed by atoms with Crippen molar-refractivity contribution in [2.45, 2.75) is 18.5 Å². The number of hydrogen-bond donors (Lipinski definition) is 1. The van der Waals surface area contributed by atoms with Crippen LogP contribution in [0, 0.1) is 23.7 Å². The molecule has 5 aliphatic rings. The lowest BCUT2D eigenvalue weighted by molar-refractivity contribution is -0.0470. The predicted octanol–water partition coefficient (Wildman–Crippen LogP) is 2.17. The zero-order valence-corrected chi connectivity index (χ0v) is 9.41. The summed E-state index contributed by atoms with van der Waals surface area (Å²) in [6.07, 6.45) is 1.27. The van der Waals surface area contributed by atoms with Crippen molar-refractivity contribution in [3.8, 4) is 0 Å². The van der Waals surface area contributed by atoms with Crippen LogP contribution in [-0.4, -0.2) is 23.0 Å². The number of anilines is 1. The minimum Gasteiger partial charge on any atom is -0.318 e. The Morgan fingerprint density at radius 1 is 1.06 bits per heavy atom. The Morgan fingerprint density at radius 3 is 2.35 bits per heavy atom. The van der Waals surface area contributed by atoms with E-state index in [1.54, 1.807) is 0 Å². The molecule has 3 saturated heterocycles. The van der Waals surface area contributed by atoms with E-state index >= 15 is 0 Å². The van der Waals surface area contributed by atoms with E-state index in [1.165, 1.54) is 6.42 Å². The number of carbonyl (C=O) groups excluding carboxylic acids is 1. The second-order valence-electron chi connectivity index (χ2n) is 5.88. The average molecular weight is 226 g/mol. The SMILES string of the molecule is O=C(Nc1ccccc1)N1C2CC1C1C3C1C32. The number of urea groups is 1. The minimum absolute atomic E-state index is 0.117. The van der Waals surface area contributed by atoms with Crippen LogP contribution < -0.4 is 5.32 Å². The fraction of sp³-hybridized carbons (Fsp3) is 0.500. The number of piperidine rings is 2. The van der Waals surface area contributed by atoms with Gasteiger partial charge >= 0.3 is 6.03 Å². The largest absolute Gasteiger partial charge is 0.322 e. The van der Waals surface area contributed by atoms with Crippen molar-refractivity contribution in [2.24, 2.45) is 23.7 Å². The Bertz CT molecular complexity index is 486. The standard InChI is InChI=1S/C14H14N2O/c17-14(15-7-4-2-1-3-5-7)16-8-6-9(16)11-12-10(8)13(11)12/h1-5,8-13H,6H2,(H,15,17). The first-order valence-electron chi connectivity index (χ1n) is 6.50. The molecule has 2 atom stereocenters. The van der Waals surface area contributed by atoms with Gasteiger partial charge in [-0.3, -0.25) is 0 Å². The van der Waals surface area contributed by atoms with Gasteiger partial charge in [0.05, 0.1) is 0 Å². The van der Waals surface area contributed by atoms with Crippen molar-refractivity contribution in [1.29, 1.82) is 0 Å². The van der Waals surface area contributed by atoms with Gasteiger partial charge < -0.3 is 10.2 Å². The molecule has 3 aliphatic heterocycles. The number of carbonyl (C=O) groups is 1. The van der Waals surface area contributed by atoms with Crippen LogP contribution in [0.15, 0.2) is 30.3 Å². The molecule has 5 fully saturated rings. The molecule has 1 N–H and O–H groups in total. The molecular formula is C14H14N2O. The molecular weight excluding hydrogens is 212 g/mol. The third-order valence-electron chi connectivity index (χ3n) is 5.29. The Labute approximate surface area is 99.8 Å². The van der Waals surface area contributed by atoms with E-state index in [9.17, 15) is 4.79 Å². The Balaban J connectivity index is 1.35. The van der Waals surface area contributed by atoms with Crippen molar-refractivity contribution in [1.82, 2.24) is 4.90 Å². The van der Waals surface area contributed by atoms with Crippen molar-refractivity contribution in [3.63, 3.8) is 0 Å². The lowest BCUT2D eigenvalue weighted by Crippen LogP contribution is -2.68. The van der Waals surface area contributed by atoms with Crippen LogP contribution in [0.5, 0.6) is 0 Å². The summed E-state index contributed by atoms with van der Waals surface area (Å²) in [7, 11) is 0. The van der Waals surface area contributed by atoms with E-state index in [1.807, 2.05) is 30.3 Å². The molecule has 3 heteroatoms. The summed E-state index contributed by atoms with van der Waals surface area (Å²) in [6, 6.07) is 11.0. The van der Waals surface area contributed by atoms with Crippen molar-refractivity contribution in [2.75, 3.05) is 5.32 Å². The van der Waals surface area contributed by atoms with E-state index in [2.05, 4.69) is 10.2 Å². The average Bonchev–Trinajstić information content (AvgIpc) is 3.20. The lowest BCUT2D eigenvalue weighted by Gasteiger charge is -2.57. The van der Waals surface area contributed by atoms with E-state index in [-0.39, 0.29) is 6.03 Å². The predicted molar refractivity (Wildman–Crippen MR) is 63.5 cm³/mol. The van der Waals surface area contributed by atoms with Crippen molar-refractivity contribution < 1.29 is 4.79 Å². The van der Waals surface area contributed by atoms with Crippen LogP contribution in [0.2, 0.25) is 0 Å². The molecule has 17 heavy (non-hydrogen) atoms. The molecule has 0 radical (unpaired) electrons. The first-order valence-corrected chi connectivity index (χ1v) is 6.50. The van der Waals surface area contributed by atoms with E-state index in [4.69, 9.17) is 0 Å². The quantitative estimate of drug-likeness (QED) is 0.782. The molecule has 3 nitrogen and oxygen atoms in total. The molecule has 4 bridgehead atoms. The molecule has 2 aliphatic carbocycles. The molecule has 6 rings (SSSR count). The molecule has 1 aromatic rings. The van der Waals surface area contributed by atoms with Gasteiger partial charge in [-0.25, -0.2) is 4.79 Å². The molecule has 2 unspecified atom stereocenters. The number of nitrogens with one attached hydrogen (secondary N) is 1. The summed E-state index contributed by atoms with van der Waals surface area (Å²) in [5.74, 6) is 3.82. The number of benzene rings is 1. The highest BCUT2D eigenvalue weighted by Gasteiger charge is 2.86. The monoisotopic (exact) mass is 226 g/mol. The molecule has 0 aromatic heterocycles. The summed E-state index contributed by atoms with van der Waals surface area (Å²) in [6.45, 7) is 0. The number of amides is 2. The van der Waals surface area contributed by atoms with Gasteiger partial charge in [-0.15, -0.1) is 0 Å². The smallest absolute Gasteiger partial charge is 0.318 e. The van der Waals surface area contributed by atoms with Gasteiger partial charge in [0.25, 0.3) is 0 Å². The maximum atomic E-state index is 12.2. The van der Waals surface area contributed by atoms with E-state index < -0.39 is 0 Å². The van der Waals surface area contributed by atoms with Gasteiger partial charge in [0, 0.05) is 17.8 Å². The Morgan fingerprint density at radius 2 is 1.71 bits per heavy atom. The first-order chi connectivity index (χ1) is 8.36. The highest BCUT2D eigenvalue weighted by molar-refractivity contribution is 5.91. The summed E-state index contributed by atoms with van der Waals surface area (Å²) in [4.78, 5) is 14.3. The molecule has 2 amide bonds. The Kier molecular flexibility index (Phi) is 1.26. The molecule has 2 saturated carbocycles. The van der Waals surface area contributed by atoms with Gasteiger partial charge in [0.2, 0.25) is 0 Å². The highest BCUT2D eigenvalue weighted by Crippen LogP contribution is 2.83. The lowest BCUT2D eigenvalue weighted by atomic mass is 9.71. The van der Waals surface area contributed by atoms with Crippen LogP contribution in [0.25, 0.3) is 0 Å². The van der Waals surface area contributed by atoms with E-state index in [0.717, 1.165) is 29.4 Å². The number of rotatable bonds is 1. The molecule has 1 aromatic carbocycles. The minimum atomic E-state index is 0.117. The van der Waals surface area contributed by atoms with E-state index in [0.29, 0.717) is 12.1 Å². The molecule has 0 spiro atoms. The van der Waals surface area contributed by atoms with Gasteiger partial charge in [-0.2, -0.15) is 0 Å². The normalized spacial score (nSPS) is 46.7. The topological polar surface area (TPSA) is 32.3 Å². The maximum absolute atomic E-state index is 12.2. The third kappa shape index (κ3) is 0.887. The van der Waals surface area contributed by atoms with Crippen LogP contribution in [0.4, 0.5) is 10.5 Å². The van der Waals surface area contributed by atoms with Crippen LogP contribution in [0.1, 0.15) is 6.42 Å². The van der Waals surface area contributed by atoms with Crippen molar-refractivity contribution in [3.05, 3.63) is 30.3 Å². The second kappa shape index (κ2) is 2.50. The molecule has 3 heterocycles. The number of nitrogens with zero attached hydrogens (tertiary/aromatic N) is 1. The summed E-state index contributed by atoms with van der Waals surface area (Å²) in [5, 5.41) is 3.01. The zero-order valence-electron chi connectivity index (χ0n) is 9.41. The zero-order chi connectivity index (χ0) is 11.1. The fourth-order valence-electron chi connectivity index (χ4n) is 4.44. The van der Waals surface area contributed by atoms with Crippen LogP contribution in [0.3, 0.4) is 0 Å². The third-order valence-corrected chi connectivity index (χ3v) is 5.29. The first kappa shape index (κ1) is 8.56. The van der Waals surface area contributed by atoms with Gasteiger partial charge in [-0.1, -0.05) is 18.2 Å². The Hall–Kier alpha value is -1.51. The summed E-state index contributed by atoms with van der Waals surface area (Å²) >= 11 is 0. The van der Waals surface area contributed by atoms with Gasteiger partial charge in [0.15, 0.2) is 0 Å².